The molecule has 0 aliphatic carbocycles. The van der Waals surface area contributed by atoms with Crippen LogP contribution in [0.5, 0.6) is 0 Å². The number of anilines is 1. The second kappa shape index (κ2) is 6.09. The van der Waals surface area contributed by atoms with Gasteiger partial charge in [-0.3, -0.25) is 4.79 Å². The van der Waals surface area contributed by atoms with E-state index in [1.165, 1.54) is 0 Å². The summed E-state index contributed by atoms with van der Waals surface area (Å²) in [6, 6.07) is 5.51. The van der Waals surface area contributed by atoms with Crippen LogP contribution in [0.4, 0.5) is 10.5 Å². The number of aromatic amines is 1. The molecule has 0 unspecified atom stereocenters. The minimum absolute atomic E-state index is 0.0146. The van der Waals surface area contributed by atoms with E-state index >= 15 is 0 Å². The van der Waals surface area contributed by atoms with Crippen LogP contribution >= 0.6 is 0 Å². The maximum Gasteiger partial charge on any atom is 0.319 e. The summed E-state index contributed by atoms with van der Waals surface area (Å²) < 4.78 is 0. The van der Waals surface area contributed by atoms with Crippen molar-refractivity contribution in [2.45, 2.75) is 39.2 Å². The number of fused-ring (bicyclic) bond motifs is 1. The molecule has 118 valence electrons. The molecule has 1 aromatic heterocycles. The quantitative estimate of drug-likeness (QED) is 0.683. The summed E-state index contributed by atoms with van der Waals surface area (Å²) in [4.78, 5) is 25.9. The highest BCUT2D eigenvalue weighted by Crippen LogP contribution is 2.22. The van der Waals surface area contributed by atoms with Crippen molar-refractivity contribution in [3.05, 3.63) is 30.0 Å². The van der Waals surface area contributed by atoms with Gasteiger partial charge >= 0.3 is 12.0 Å². The van der Waals surface area contributed by atoms with Gasteiger partial charge in [0.05, 0.1) is 0 Å². The van der Waals surface area contributed by atoms with Crippen molar-refractivity contribution < 1.29 is 14.7 Å². The maximum absolute atomic E-state index is 12.1. The Kier molecular flexibility index (Phi) is 4.40. The summed E-state index contributed by atoms with van der Waals surface area (Å²) in [7, 11) is 0. The molecule has 2 rings (SSSR count). The summed E-state index contributed by atoms with van der Waals surface area (Å²) in [5, 5.41) is 15.4. The predicted molar refractivity (Wildman–Crippen MR) is 86.1 cm³/mol. The lowest BCUT2D eigenvalue weighted by molar-refractivity contribution is -0.137. The van der Waals surface area contributed by atoms with Gasteiger partial charge in [-0.2, -0.15) is 0 Å². The largest absolute Gasteiger partial charge is 0.481 e. The number of aromatic nitrogens is 1. The Hall–Kier alpha value is -2.50. The van der Waals surface area contributed by atoms with Gasteiger partial charge < -0.3 is 20.7 Å². The Labute approximate surface area is 128 Å². The zero-order valence-corrected chi connectivity index (χ0v) is 13.0. The van der Waals surface area contributed by atoms with Crippen LogP contribution in [-0.2, 0) is 4.79 Å². The molecule has 4 N–H and O–H groups in total. The number of H-pyrrole nitrogens is 1. The van der Waals surface area contributed by atoms with E-state index in [0.717, 1.165) is 22.2 Å². The van der Waals surface area contributed by atoms with E-state index in [1.807, 2.05) is 31.3 Å². The standard InChI is InChI=1S/C16H21N3O3/c1-10-8-11-5-7-17-13(11)9-12(10)18-15(22)19-16(2,3)6-4-14(20)21/h5,7-9,17H,4,6H2,1-3H3,(H,20,21)(H2,18,19,22). The molecule has 1 aromatic carbocycles. The van der Waals surface area contributed by atoms with Crippen LogP contribution in [-0.4, -0.2) is 27.6 Å². The molecular weight excluding hydrogens is 282 g/mol. The molecule has 6 nitrogen and oxygen atoms in total. The number of hydrogen-bond donors (Lipinski definition) is 4. The number of carboxylic acids is 1. The van der Waals surface area contributed by atoms with E-state index in [2.05, 4.69) is 15.6 Å². The first-order chi connectivity index (χ1) is 10.3. The molecule has 0 radical (unpaired) electrons. The topological polar surface area (TPSA) is 94.2 Å². The normalized spacial score (nSPS) is 11.4. The Bertz CT molecular complexity index is 704. The third kappa shape index (κ3) is 4.00. The summed E-state index contributed by atoms with van der Waals surface area (Å²) in [5.41, 5.74) is 2.05. The number of carboxylic acid groups (broad SMARTS) is 1. The van der Waals surface area contributed by atoms with Crippen molar-refractivity contribution >= 4 is 28.6 Å². The molecule has 0 aliphatic heterocycles. The van der Waals surface area contributed by atoms with E-state index in [-0.39, 0.29) is 12.5 Å². The van der Waals surface area contributed by atoms with Gasteiger partial charge in [0.1, 0.15) is 0 Å². The molecule has 1 heterocycles. The van der Waals surface area contributed by atoms with Crippen molar-refractivity contribution in [1.82, 2.24) is 10.3 Å². The van der Waals surface area contributed by atoms with Gasteiger partial charge in [0, 0.05) is 29.4 Å². The lowest BCUT2D eigenvalue weighted by Gasteiger charge is -2.26. The first-order valence-electron chi connectivity index (χ1n) is 7.15. The third-order valence-corrected chi connectivity index (χ3v) is 3.56. The van der Waals surface area contributed by atoms with Gasteiger partial charge in [-0.05, 0) is 56.3 Å². The number of benzene rings is 1. The molecule has 0 spiro atoms. The Morgan fingerprint density at radius 3 is 2.73 bits per heavy atom. The maximum atomic E-state index is 12.1. The molecular formula is C16H21N3O3. The van der Waals surface area contributed by atoms with Crippen LogP contribution in [0.2, 0.25) is 0 Å². The van der Waals surface area contributed by atoms with Crippen LogP contribution in [0, 0.1) is 6.92 Å². The molecule has 0 fully saturated rings. The van der Waals surface area contributed by atoms with E-state index in [9.17, 15) is 9.59 Å². The van der Waals surface area contributed by atoms with E-state index in [0.29, 0.717) is 6.42 Å². The molecule has 0 aliphatic rings. The van der Waals surface area contributed by atoms with Crippen molar-refractivity contribution in [1.29, 1.82) is 0 Å². The highest BCUT2D eigenvalue weighted by Gasteiger charge is 2.21. The van der Waals surface area contributed by atoms with Crippen molar-refractivity contribution in [2.24, 2.45) is 0 Å². The fourth-order valence-corrected chi connectivity index (χ4v) is 2.29. The molecule has 0 bridgehead atoms. The second-order valence-electron chi connectivity index (χ2n) is 6.09. The third-order valence-electron chi connectivity index (χ3n) is 3.56. The Balaban J connectivity index is 2.03. The van der Waals surface area contributed by atoms with E-state index in [4.69, 9.17) is 5.11 Å². The SMILES string of the molecule is Cc1cc2cc[nH]c2cc1NC(=O)NC(C)(C)CCC(=O)O. The minimum Gasteiger partial charge on any atom is -0.481 e. The summed E-state index contributed by atoms with van der Waals surface area (Å²) >= 11 is 0. The average Bonchev–Trinajstić information content (AvgIpc) is 2.83. The molecule has 0 saturated carbocycles. The first-order valence-corrected chi connectivity index (χ1v) is 7.15. The summed E-state index contributed by atoms with van der Waals surface area (Å²) in [5.74, 6) is -0.872. The minimum atomic E-state index is -0.872. The highest BCUT2D eigenvalue weighted by atomic mass is 16.4. The first kappa shape index (κ1) is 15.9. The van der Waals surface area contributed by atoms with Gasteiger partial charge in [-0.1, -0.05) is 0 Å². The molecule has 2 aromatic rings. The highest BCUT2D eigenvalue weighted by molar-refractivity contribution is 5.94. The number of aryl methyl sites for hydroxylation is 1. The van der Waals surface area contributed by atoms with E-state index < -0.39 is 11.5 Å². The molecule has 2 amide bonds. The van der Waals surface area contributed by atoms with Gasteiger partial charge in [0.25, 0.3) is 0 Å². The predicted octanol–water partition coefficient (Wildman–Crippen LogP) is 3.24. The van der Waals surface area contributed by atoms with Crippen LogP contribution in [0.1, 0.15) is 32.3 Å². The molecule has 0 saturated heterocycles. The van der Waals surface area contributed by atoms with Crippen molar-refractivity contribution in [3.8, 4) is 0 Å². The summed E-state index contributed by atoms with van der Waals surface area (Å²) in [6.45, 7) is 5.53. The van der Waals surface area contributed by atoms with Crippen molar-refractivity contribution in [3.63, 3.8) is 0 Å². The second-order valence-corrected chi connectivity index (χ2v) is 6.09. The number of carbonyl (C=O) groups is 2. The molecule has 22 heavy (non-hydrogen) atoms. The zero-order chi connectivity index (χ0) is 16.3. The number of rotatable bonds is 5. The number of carbonyl (C=O) groups excluding carboxylic acids is 1. The van der Waals surface area contributed by atoms with Crippen molar-refractivity contribution in [2.75, 3.05) is 5.32 Å². The van der Waals surface area contributed by atoms with Gasteiger partial charge in [0.15, 0.2) is 0 Å². The number of amides is 2. The number of aliphatic carboxylic acids is 1. The fraction of sp³-hybridized carbons (Fsp3) is 0.375. The smallest absolute Gasteiger partial charge is 0.319 e. The zero-order valence-electron chi connectivity index (χ0n) is 13.0. The van der Waals surface area contributed by atoms with Crippen LogP contribution in [0.25, 0.3) is 10.9 Å². The Morgan fingerprint density at radius 1 is 1.32 bits per heavy atom. The monoisotopic (exact) mass is 303 g/mol. The number of urea groups is 1. The lowest BCUT2D eigenvalue weighted by atomic mass is 9.99. The van der Waals surface area contributed by atoms with Gasteiger partial charge in [-0.25, -0.2) is 4.79 Å². The van der Waals surface area contributed by atoms with Crippen LogP contribution in [0.3, 0.4) is 0 Å². The number of nitrogens with one attached hydrogen (secondary N) is 3. The lowest BCUT2D eigenvalue weighted by Crippen LogP contribution is -2.45. The number of hydrogen-bond acceptors (Lipinski definition) is 2. The Morgan fingerprint density at radius 2 is 2.05 bits per heavy atom. The van der Waals surface area contributed by atoms with Crippen LogP contribution < -0.4 is 10.6 Å². The fourth-order valence-electron chi connectivity index (χ4n) is 2.29. The van der Waals surface area contributed by atoms with Gasteiger partial charge in [0.2, 0.25) is 0 Å². The van der Waals surface area contributed by atoms with Crippen LogP contribution in [0.15, 0.2) is 24.4 Å². The summed E-state index contributed by atoms with van der Waals surface area (Å²) in [6.07, 6.45) is 2.23. The van der Waals surface area contributed by atoms with E-state index in [1.54, 1.807) is 13.8 Å². The average molecular weight is 303 g/mol. The molecule has 6 heteroatoms. The van der Waals surface area contributed by atoms with Gasteiger partial charge in [-0.15, -0.1) is 0 Å². The molecule has 0 atom stereocenters.